The largest absolute Gasteiger partial charge is 0.314 e. The van der Waals surface area contributed by atoms with Crippen molar-refractivity contribution in [2.45, 2.75) is 12.0 Å². The van der Waals surface area contributed by atoms with E-state index in [2.05, 4.69) is 29.0 Å². The molecule has 108 valence electrons. The van der Waals surface area contributed by atoms with Gasteiger partial charge in [0.05, 0.1) is 22.6 Å². The van der Waals surface area contributed by atoms with Gasteiger partial charge < -0.3 is 5.32 Å². The SMILES string of the molecule is N#CC1=C(S)NC(=O)[C@H]([n+]2ccccc2)[C@H]1c1cccnc1. The van der Waals surface area contributed by atoms with Gasteiger partial charge in [-0.25, -0.2) is 0 Å². The second-order valence-electron chi connectivity index (χ2n) is 4.89. The number of allylic oxidation sites excluding steroid dienone is 1. The Kier molecular flexibility index (Phi) is 3.90. The van der Waals surface area contributed by atoms with Crippen LogP contribution in [0.3, 0.4) is 0 Å². The molecule has 3 heterocycles. The highest BCUT2D eigenvalue weighted by atomic mass is 32.1. The molecule has 1 amide bonds. The van der Waals surface area contributed by atoms with Crippen LogP contribution in [-0.2, 0) is 4.79 Å². The Morgan fingerprint density at radius 1 is 1.27 bits per heavy atom. The summed E-state index contributed by atoms with van der Waals surface area (Å²) in [7, 11) is 0. The molecular formula is C16H13N4OS+. The number of aromatic nitrogens is 2. The Hall–Kier alpha value is -2.65. The molecule has 0 bridgehead atoms. The van der Waals surface area contributed by atoms with Gasteiger partial charge in [-0.1, -0.05) is 12.1 Å². The van der Waals surface area contributed by atoms with Crippen molar-refractivity contribution in [3.05, 3.63) is 71.3 Å². The Morgan fingerprint density at radius 2 is 2.05 bits per heavy atom. The number of thiol groups is 1. The number of pyridine rings is 2. The van der Waals surface area contributed by atoms with Crippen LogP contribution in [0.5, 0.6) is 0 Å². The van der Waals surface area contributed by atoms with Crippen molar-refractivity contribution in [3.8, 4) is 6.07 Å². The molecule has 5 nitrogen and oxygen atoms in total. The van der Waals surface area contributed by atoms with E-state index in [0.29, 0.717) is 10.6 Å². The third kappa shape index (κ3) is 2.47. The number of carbonyl (C=O) groups excluding carboxylic acids is 1. The van der Waals surface area contributed by atoms with Crippen LogP contribution in [0.1, 0.15) is 17.5 Å². The van der Waals surface area contributed by atoms with Crippen molar-refractivity contribution < 1.29 is 9.36 Å². The van der Waals surface area contributed by atoms with Crippen LogP contribution in [0.4, 0.5) is 0 Å². The van der Waals surface area contributed by atoms with Gasteiger partial charge in [-0.05, 0) is 11.6 Å². The molecule has 0 radical (unpaired) electrons. The quantitative estimate of drug-likeness (QED) is 0.652. The molecule has 1 aliphatic rings. The lowest BCUT2D eigenvalue weighted by Crippen LogP contribution is -2.53. The van der Waals surface area contributed by atoms with E-state index in [1.807, 2.05) is 36.7 Å². The number of rotatable bonds is 2. The summed E-state index contributed by atoms with van der Waals surface area (Å²) >= 11 is 4.25. The van der Waals surface area contributed by atoms with Gasteiger partial charge in [0, 0.05) is 24.5 Å². The Labute approximate surface area is 133 Å². The first-order valence-electron chi connectivity index (χ1n) is 6.72. The molecule has 0 aromatic carbocycles. The van der Waals surface area contributed by atoms with Crippen molar-refractivity contribution in [1.29, 1.82) is 5.26 Å². The first-order chi connectivity index (χ1) is 10.7. The van der Waals surface area contributed by atoms with Crippen LogP contribution >= 0.6 is 12.6 Å². The Morgan fingerprint density at radius 3 is 2.68 bits per heavy atom. The first-order valence-corrected chi connectivity index (χ1v) is 7.17. The molecule has 0 unspecified atom stereocenters. The fraction of sp³-hybridized carbons (Fsp3) is 0.125. The zero-order valence-corrected chi connectivity index (χ0v) is 12.4. The number of amides is 1. The zero-order valence-electron chi connectivity index (χ0n) is 11.5. The normalized spacial score (nSPS) is 21.2. The summed E-state index contributed by atoms with van der Waals surface area (Å²) in [5.41, 5.74) is 1.24. The maximum atomic E-state index is 12.5. The summed E-state index contributed by atoms with van der Waals surface area (Å²) in [5.74, 6) is -0.624. The molecule has 22 heavy (non-hydrogen) atoms. The maximum absolute atomic E-state index is 12.5. The van der Waals surface area contributed by atoms with Gasteiger partial charge in [0.15, 0.2) is 12.4 Å². The first kappa shape index (κ1) is 14.3. The summed E-state index contributed by atoms with van der Waals surface area (Å²) < 4.78 is 1.80. The van der Waals surface area contributed by atoms with E-state index in [-0.39, 0.29) is 5.91 Å². The van der Waals surface area contributed by atoms with E-state index < -0.39 is 12.0 Å². The van der Waals surface area contributed by atoms with Crippen molar-refractivity contribution in [1.82, 2.24) is 10.3 Å². The molecule has 0 spiro atoms. The molecule has 2 aromatic rings. The highest BCUT2D eigenvalue weighted by Gasteiger charge is 2.44. The van der Waals surface area contributed by atoms with Gasteiger partial charge in [-0.2, -0.15) is 9.83 Å². The van der Waals surface area contributed by atoms with Crippen LogP contribution < -0.4 is 9.88 Å². The van der Waals surface area contributed by atoms with Gasteiger partial charge in [0.25, 0.3) is 5.91 Å². The molecule has 0 fully saturated rings. The van der Waals surface area contributed by atoms with Gasteiger partial charge in [0.1, 0.15) is 0 Å². The van der Waals surface area contributed by atoms with Crippen LogP contribution in [0.2, 0.25) is 0 Å². The average Bonchev–Trinajstić information content (AvgIpc) is 2.56. The van der Waals surface area contributed by atoms with E-state index in [0.717, 1.165) is 5.56 Å². The summed E-state index contributed by atoms with van der Waals surface area (Å²) in [6.07, 6.45) is 6.96. The van der Waals surface area contributed by atoms with Crippen LogP contribution in [0.15, 0.2) is 65.7 Å². The van der Waals surface area contributed by atoms with Crippen LogP contribution in [0.25, 0.3) is 0 Å². The number of carbonyl (C=O) groups is 1. The predicted octanol–water partition coefficient (Wildman–Crippen LogP) is 1.49. The monoisotopic (exact) mass is 309 g/mol. The van der Waals surface area contributed by atoms with Crippen molar-refractivity contribution >= 4 is 18.5 Å². The van der Waals surface area contributed by atoms with Crippen molar-refractivity contribution in [2.75, 3.05) is 0 Å². The molecule has 1 aliphatic heterocycles. The minimum Gasteiger partial charge on any atom is -0.314 e. The number of hydrogen-bond donors (Lipinski definition) is 2. The molecule has 2 aromatic heterocycles. The van der Waals surface area contributed by atoms with Gasteiger partial charge in [0.2, 0.25) is 6.04 Å². The molecule has 0 aliphatic carbocycles. The minimum atomic E-state index is -0.559. The number of nitrogens with zero attached hydrogens (tertiary/aromatic N) is 3. The molecule has 2 atom stereocenters. The van der Waals surface area contributed by atoms with E-state index in [1.54, 1.807) is 23.0 Å². The van der Waals surface area contributed by atoms with Crippen LogP contribution in [0, 0.1) is 11.3 Å². The van der Waals surface area contributed by atoms with E-state index in [9.17, 15) is 10.1 Å². The Balaban J connectivity index is 2.19. The van der Waals surface area contributed by atoms with Gasteiger partial charge in [-0.3, -0.25) is 9.78 Å². The number of nitrogens with one attached hydrogen (secondary N) is 1. The Bertz CT molecular complexity index is 768. The fourth-order valence-corrected chi connectivity index (χ4v) is 2.95. The lowest BCUT2D eigenvalue weighted by atomic mass is 9.83. The highest BCUT2D eigenvalue weighted by molar-refractivity contribution is 7.84. The lowest BCUT2D eigenvalue weighted by Gasteiger charge is -2.27. The summed E-state index contributed by atoms with van der Waals surface area (Å²) in [4.78, 5) is 16.6. The second-order valence-corrected chi connectivity index (χ2v) is 5.34. The maximum Gasteiger partial charge on any atom is 0.294 e. The molecule has 6 heteroatoms. The van der Waals surface area contributed by atoms with E-state index >= 15 is 0 Å². The predicted molar refractivity (Wildman–Crippen MR) is 82.4 cm³/mol. The molecule has 0 saturated heterocycles. The second kappa shape index (κ2) is 6.00. The van der Waals surface area contributed by atoms with Crippen molar-refractivity contribution in [3.63, 3.8) is 0 Å². The van der Waals surface area contributed by atoms with Crippen molar-refractivity contribution in [2.24, 2.45) is 0 Å². The van der Waals surface area contributed by atoms with E-state index in [1.165, 1.54) is 0 Å². The fourth-order valence-electron chi connectivity index (χ4n) is 2.65. The minimum absolute atomic E-state index is 0.200. The molecule has 0 saturated carbocycles. The smallest absolute Gasteiger partial charge is 0.294 e. The van der Waals surface area contributed by atoms with Crippen LogP contribution in [-0.4, -0.2) is 10.9 Å². The number of hydrogen-bond acceptors (Lipinski definition) is 4. The average molecular weight is 309 g/mol. The van der Waals surface area contributed by atoms with Gasteiger partial charge in [-0.15, -0.1) is 12.6 Å². The zero-order chi connectivity index (χ0) is 15.5. The van der Waals surface area contributed by atoms with E-state index in [4.69, 9.17) is 0 Å². The summed E-state index contributed by atoms with van der Waals surface area (Å²) in [6.45, 7) is 0. The summed E-state index contributed by atoms with van der Waals surface area (Å²) in [5, 5.41) is 12.5. The number of nitriles is 1. The van der Waals surface area contributed by atoms with Gasteiger partial charge >= 0.3 is 0 Å². The standard InChI is InChI=1S/C16H12N4OS/c17-9-12-13(11-5-4-6-18-10-11)14(15(21)19-16(12)22)20-7-2-1-3-8-20/h1-8,10,13-14H,(H-,19,21,22)/p+1/t13-,14+/m0/s1. The molecule has 1 N–H and O–H groups in total. The highest BCUT2D eigenvalue weighted by Crippen LogP contribution is 2.37. The topological polar surface area (TPSA) is 69.7 Å². The molecule has 3 rings (SSSR count). The lowest BCUT2D eigenvalue weighted by molar-refractivity contribution is -0.711. The third-order valence-electron chi connectivity index (χ3n) is 3.62. The molecular weight excluding hydrogens is 296 g/mol. The third-order valence-corrected chi connectivity index (χ3v) is 3.97. The summed E-state index contributed by atoms with van der Waals surface area (Å²) in [6, 6.07) is 10.8.